The van der Waals surface area contributed by atoms with Crippen LogP contribution in [0.3, 0.4) is 0 Å². The van der Waals surface area contributed by atoms with Crippen molar-refractivity contribution in [3.8, 4) is 0 Å². The molecule has 2 saturated carbocycles. The molecule has 1 saturated heterocycles. The summed E-state index contributed by atoms with van der Waals surface area (Å²) in [6.45, 7) is 6.55. The molecule has 1 aliphatic heterocycles. The van der Waals surface area contributed by atoms with Gasteiger partial charge in [-0.05, 0) is 42.9 Å². The van der Waals surface area contributed by atoms with Crippen LogP contribution in [-0.2, 0) is 4.79 Å². The van der Waals surface area contributed by atoms with Crippen LogP contribution in [-0.4, -0.2) is 23.9 Å². The largest absolute Gasteiger partial charge is 0.342 e. The Bertz CT molecular complexity index is 285. The van der Waals surface area contributed by atoms with Crippen LogP contribution in [0.2, 0.25) is 0 Å². The maximum atomic E-state index is 12.2. The third kappa shape index (κ3) is 1.58. The average molecular weight is 207 g/mol. The molecular formula is C13H21NO. The SMILES string of the molecule is CC1(C)CC1C(=O)N1C[C@@H]2CC[C@@H](C2)C1. The number of nitrogens with zero attached hydrogens (tertiary/aromatic N) is 1. The standard InChI is InChI=1S/C13H21NO/c1-13(2)6-11(13)12(15)14-7-9-3-4-10(5-9)8-14/h9-11H,3-8H2,1-2H3/t9-,10+,11?. The van der Waals surface area contributed by atoms with E-state index in [0.717, 1.165) is 31.3 Å². The van der Waals surface area contributed by atoms with E-state index in [-0.39, 0.29) is 0 Å². The first-order valence-corrected chi connectivity index (χ1v) is 6.35. The lowest BCUT2D eigenvalue weighted by atomic mass is 9.98. The van der Waals surface area contributed by atoms with Gasteiger partial charge in [0.25, 0.3) is 0 Å². The summed E-state index contributed by atoms with van der Waals surface area (Å²) in [6, 6.07) is 0. The highest BCUT2D eigenvalue weighted by Crippen LogP contribution is 2.53. The predicted molar refractivity (Wildman–Crippen MR) is 59.3 cm³/mol. The summed E-state index contributed by atoms with van der Waals surface area (Å²) < 4.78 is 0. The van der Waals surface area contributed by atoms with Crippen molar-refractivity contribution in [1.29, 1.82) is 0 Å². The third-order valence-electron chi connectivity index (χ3n) is 4.73. The normalized spacial score (nSPS) is 41.7. The summed E-state index contributed by atoms with van der Waals surface area (Å²) in [5.41, 5.74) is 0.299. The fraction of sp³-hybridized carbons (Fsp3) is 0.923. The van der Waals surface area contributed by atoms with Crippen molar-refractivity contribution in [2.24, 2.45) is 23.2 Å². The maximum absolute atomic E-state index is 12.2. The molecule has 0 aromatic heterocycles. The molecule has 2 heteroatoms. The van der Waals surface area contributed by atoms with Crippen molar-refractivity contribution in [2.75, 3.05) is 13.1 Å². The summed E-state index contributed by atoms with van der Waals surface area (Å²) in [7, 11) is 0. The molecule has 1 unspecified atom stereocenters. The zero-order valence-corrected chi connectivity index (χ0v) is 9.83. The van der Waals surface area contributed by atoms with E-state index >= 15 is 0 Å². The van der Waals surface area contributed by atoms with Crippen LogP contribution in [0.5, 0.6) is 0 Å². The van der Waals surface area contributed by atoms with Gasteiger partial charge in [0.05, 0.1) is 0 Å². The van der Waals surface area contributed by atoms with Crippen LogP contribution in [0.4, 0.5) is 0 Å². The number of rotatable bonds is 1. The van der Waals surface area contributed by atoms with Gasteiger partial charge < -0.3 is 4.90 Å². The fourth-order valence-corrected chi connectivity index (χ4v) is 3.50. The molecule has 2 nitrogen and oxygen atoms in total. The van der Waals surface area contributed by atoms with Crippen LogP contribution < -0.4 is 0 Å². The van der Waals surface area contributed by atoms with Crippen molar-refractivity contribution in [2.45, 2.75) is 39.5 Å². The van der Waals surface area contributed by atoms with E-state index in [1.807, 2.05) is 0 Å². The second kappa shape index (κ2) is 2.99. The minimum atomic E-state index is 0.299. The summed E-state index contributed by atoms with van der Waals surface area (Å²) >= 11 is 0. The predicted octanol–water partition coefficient (Wildman–Crippen LogP) is 2.29. The summed E-state index contributed by atoms with van der Waals surface area (Å²) in [6.07, 6.45) is 5.22. The van der Waals surface area contributed by atoms with E-state index in [0.29, 0.717) is 17.2 Å². The molecule has 15 heavy (non-hydrogen) atoms. The molecule has 3 atom stereocenters. The van der Waals surface area contributed by atoms with E-state index < -0.39 is 0 Å². The van der Waals surface area contributed by atoms with Crippen LogP contribution in [0, 0.1) is 23.2 Å². The van der Waals surface area contributed by atoms with Gasteiger partial charge in [-0.1, -0.05) is 13.8 Å². The minimum Gasteiger partial charge on any atom is -0.342 e. The van der Waals surface area contributed by atoms with E-state index in [4.69, 9.17) is 0 Å². The summed E-state index contributed by atoms with van der Waals surface area (Å²) in [5, 5.41) is 0. The highest BCUT2D eigenvalue weighted by atomic mass is 16.2. The minimum absolute atomic E-state index is 0.299. The summed E-state index contributed by atoms with van der Waals surface area (Å²) in [5.74, 6) is 2.45. The molecule has 0 N–H and O–H groups in total. The van der Waals surface area contributed by atoms with Gasteiger partial charge in [-0.25, -0.2) is 0 Å². The Morgan fingerprint density at radius 3 is 2.20 bits per heavy atom. The van der Waals surface area contributed by atoms with Crippen LogP contribution in [0.1, 0.15) is 39.5 Å². The highest BCUT2D eigenvalue weighted by Gasteiger charge is 2.52. The average Bonchev–Trinajstić information content (AvgIpc) is 2.70. The molecule has 1 heterocycles. The molecule has 2 aliphatic carbocycles. The van der Waals surface area contributed by atoms with Gasteiger partial charge in [0.15, 0.2) is 0 Å². The first kappa shape index (κ1) is 9.68. The smallest absolute Gasteiger partial charge is 0.226 e. The molecule has 3 rings (SSSR count). The van der Waals surface area contributed by atoms with Crippen molar-refractivity contribution in [3.63, 3.8) is 0 Å². The highest BCUT2D eigenvalue weighted by molar-refractivity contribution is 5.82. The van der Waals surface area contributed by atoms with Crippen LogP contribution in [0.25, 0.3) is 0 Å². The number of amides is 1. The van der Waals surface area contributed by atoms with Crippen molar-refractivity contribution >= 4 is 5.91 Å². The van der Waals surface area contributed by atoms with E-state index in [2.05, 4.69) is 18.7 Å². The number of hydrogen-bond acceptors (Lipinski definition) is 1. The lowest BCUT2D eigenvalue weighted by Gasteiger charge is -2.32. The lowest BCUT2D eigenvalue weighted by Crippen LogP contribution is -2.42. The van der Waals surface area contributed by atoms with Gasteiger partial charge in [-0.15, -0.1) is 0 Å². The number of fused-ring (bicyclic) bond motifs is 2. The Kier molecular flexibility index (Phi) is 1.93. The Labute approximate surface area is 92.0 Å². The van der Waals surface area contributed by atoms with E-state index in [1.54, 1.807) is 0 Å². The zero-order valence-electron chi connectivity index (χ0n) is 9.83. The van der Waals surface area contributed by atoms with Gasteiger partial charge in [0.2, 0.25) is 5.91 Å². The van der Waals surface area contributed by atoms with Crippen LogP contribution >= 0.6 is 0 Å². The van der Waals surface area contributed by atoms with E-state index in [9.17, 15) is 4.79 Å². The first-order valence-electron chi connectivity index (χ1n) is 6.35. The number of hydrogen-bond donors (Lipinski definition) is 0. The van der Waals surface area contributed by atoms with Gasteiger partial charge in [0, 0.05) is 19.0 Å². The molecule has 0 aromatic carbocycles. The molecule has 3 aliphatic rings. The lowest BCUT2D eigenvalue weighted by molar-refractivity contribution is -0.135. The molecule has 0 radical (unpaired) electrons. The number of carbonyl (C=O) groups is 1. The van der Waals surface area contributed by atoms with Gasteiger partial charge >= 0.3 is 0 Å². The second-order valence-electron chi connectivity index (χ2n) is 6.53. The monoisotopic (exact) mass is 207 g/mol. The Hall–Kier alpha value is -0.530. The Morgan fingerprint density at radius 1 is 1.20 bits per heavy atom. The number of carbonyl (C=O) groups excluding carboxylic acids is 1. The third-order valence-corrected chi connectivity index (χ3v) is 4.73. The van der Waals surface area contributed by atoms with Gasteiger partial charge in [-0.3, -0.25) is 4.79 Å². The molecule has 1 amide bonds. The molecule has 3 fully saturated rings. The quantitative estimate of drug-likeness (QED) is 0.646. The topological polar surface area (TPSA) is 20.3 Å². The first-order chi connectivity index (χ1) is 7.06. The van der Waals surface area contributed by atoms with Gasteiger partial charge in [-0.2, -0.15) is 0 Å². The van der Waals surface area contributed by atoms with Crippen molar-refractivity contribution < 1.29 is 4.79 Å². The van der Waals surface area contributed by atoms with Crippen LogP contribution in [0.15, 0.2) is 0 Å². The van der Waals surface area contributed by atoms with Gasteiger partial charge in [0.1, 0.15) is 0 Å². The summed E-state index contributed by atoms with van der Waals surface area (Å²) in [4.78, 5) is 14.4. The molecule has 2 bridgehead atoms. The van der Waals surface area contributed by atoms with Crippen molar-refractivity contribution in [3.05, 3.63) is 0 Å². The molecule has 84 valence electrons. The van der Waals surface area contributed by atoms with Crippen molar-refractivity contribution in [1.82, 2.24) is 4.90 Å². The maximum Gasteiger partial charge on any atom is 0.226 e. The zero-order chi connectivity index (χ0) is 10.6. The Balaban J connectivity index is 1.66. The Morgan fingerprint density at radius 2 is 1.73 bits per heavy atom. The fourth-order valence-electron chi connectivity index (χ4n) is 3.50. The molecular weight excluding hydrogens is 186 g/mol. The second-order valence-corrected chi connectivity index (χ2v) is 6.53. The number of likely N-dealkylation sites (tertiary alicyclic amines) is 1. The molecule has 0 aromatic rings. The number of piperidine rings is 1. The van der Waals surface area contributed by atoms with E-state index in [1.165, 1.54) is 19.3 Å². The molecule has 0 spiro atoms.